The number of nitrogens with zero attached hydrogens (tertiary/aromatic N) is 4. The van der Waals surface area contributed by atoms with Crippen LogP contribution in [0.15, 0.2) is 42.9 Å². The minimum Gasteiger partial charge on any atom is -0.481 e. The molecule has 1 N–H and O–H groups in total. The van der Waals surface area contributed by atoms with Crippen molar-refractivity contribution in [2.75, 3.05) is 18.5 Å². The molecular formula is C19H15N5O4. The van der Waals surface area contributed by atoms with Crippen LogP contribution in [-0.2, 0) is 4.74 Å². The van der Waals surface area contributed by atoms with Crippen LogP contribution in [0.4, 0.5) is 17.1 Å². The monoisotopic (exact) mass is 377 g/mol. The molecule has 1 atom stereocenters. The first-order valence-electron chi connectivity index (χ1n) is 8.58. The number of ether oxygens (including phenoxy) is 2. The number of aromatic nitrogens is 2. The Morgan fingerprint density at radius 3 is 2.86 bits per heavy atom. The van der Waals surface area contributed by atoms with E-state index < -0.39 is 4.92 Å². The van der Waals surface area contributed by atoms with Crippen LogP contribution in [0, 0.1) is 21.4 Å². The van der Waals surface area contributed by atoms with Gasteiger partial charge in [-0.15, -0.1) is 0 Å². The van der Waals surface area contributed by atoms with Gasteiger partial charge in [-0.05, 0) is 12.1 Å². The zero-order valence-corrected chi connectivity index (χ0v) is 14.7. The van der Waals surface area contributed by atoms with Gasteiger partial charge >= 0.3 is 5.69 Å². The van der Waals surface area contributed by atoms with Crippen molar-refractivity contribution >= 4 is 28.0 Å². The summed E-state index contributed by atoms with van der Waals surface area (Å²) in [6.45, 7) is 0.959. The maximum Gasteiger partial charge on any atom is 0.311 e. The minimum absolute atomic E-state index is 0.139. The first-order chi connectivity index (χ1) is 13.7. The lowest BCUT2D eigenvalue weighted by atomic mass is 10.1. The molecule has 9 nitrogen and oxygen atoms in total. The number of nitrogens with one attached hydrogen (secondary N) is 1. The third kappa shape index (κ3) is 3.41. The number of nitriles is 1. The number of rotatable bonds is 5. The maximum atomic E-state index is 11.6. The number of nitro benzene ring substituents is 1. The Hall–Kier alpha value is -3.77. The van der Waals surface area contributed by atoms with Gasteiger partial charge in [-0.2, -0.15) is 5.26 Å². The predicted octanol–water partition coefficient (Wildman–Crippen LogP) is 3.32. The first-order valence-corrected chi connectivity index (χ1v) is 8.58. The molecule has 1 aromatic carbocycles. The highest BCUT2D eigenvalue weighted by molar-refractivity contribution is 5.98. The number of hydrogen-bond acceptors (Lipinski definition) is 8. The smallest absolute Gasteiger partial charge is 0.311 e. The van der Waals surface area contributed by atoms with Crippen LogP contribution >= 0.6 is 0 Å². The molecule has 2 aromatic heterocycles. The molecule has 0 radical (unpaired) electrons. The van der Waals surface area contributed by atoms with Gasteiger partial charge in [0, 0.05) is 48.2 Å². The lowest BCUT2D eigenvalue weighted by Gasteiger charge is -2.15. The molecule has 1 aliphatic rings. The number of pyridine rings is 2. The average molecular weight is 377 g/mol. The molecule has 0 aliphatic carbocycles. The number of anilines is 2. The van der Waals surface area contributed by atoms with Crippen molar-refractivity contribution in [3.8, 4) is 11.8 Å². The molecule has 28 heavy (non-hydrogen) atoms. The third-order valence-electron chi connectivity index (χ3n) is 4.40. The van der Waals surface area contributed by atoms with Gasteiger partial charge < -0.3 is 14.8 Å². The third-order valence-corrected chi connectivity index (χ3v) is 4.40. The van der Waals surface area contributed by atoms with E-state index in [1.807, 2.05) is 0 Å². The normalized spacial score (nSPS) is 15.9. The fourth-order valence-corrected chi connectivity index (χ4v) is 3.03. The molecule has 1 unspecified atom stereocenters. The molecule has 3 heterocycles. The van der Waals surface area contributed by atoms with E-state index in [-0.39, 0.29) is 23.1 Å². The first kappa shape index (κ1) is 17.6. The van der Waals surface area contributed by atoms with Crippen LogP contribution in [-0.4, -0.2) is 34.2 Å². The Kier molecular flexibility index (Phi) is 4.70. The van der Waals surface area contributed by atoms with E-state index >= 15 is 0 Å². The van der Waals surface area contributed by atoms with E-state index in [0.717, 1.165) is 0 Å². The topological polar surface area (TPSA) is 123 Å². The molecule has 3 aromatic rings. The molecule has 4 rings (SSSR count). The number of hydrogen-bond donors (Lipinski definition) is 1. The summed E-state index contributed by atoms with van der Waals surface area (Å²) < 4.78 is 11.1. The highest BCUT2D eigenvalue weighted by Crippen LogP contribution is 2.37. The molecule has 0 spiro atoms. The van der Waals surface area contributed by atoms with Gasteiger partial charge in [0.1, 0.15) is 12.2 Å². The minimum atomic E-state index is -0.500. The van der Waals surface area contributed by atoms with Gasteiger partial charge in [0.25, 0.3) is 0 Å². The molecule has 1 fully saturated rings. The van der Waals surface area contributed by atoms with E-state index in [0.29, 0.717) is 41.9 Å². The fourth-order valence-electron chi connectivity index (χ4n) is 3.03. The van der Waals surface area contributed by atoms with E-state index in [1.165, 1.54) is 18.3 Å². The van der Waals surface area contributed by atoms with Crippen molar-refractivity contribution in [2.45, 2.75) is 12.5 Å². The Balaban J connectivity index is 1.84. The number of benzene rings is 1. The zero-order chi connectivity index (χ0) is 19.5. The highest BCUT2D eigenvalue weighted by Gasteiger charge is 2.25. The van der Waals surface area contributed by atoms with Crippen LogP contribution < -0.4 is 10.1 Å². The van der Waals surface area contributed by atoms with Gasteiger partial charge in [0.2, 0.25) is 0 Å². The summed E-state index contributed by atoms with van der Waals surface area (Å²) in [4.78, 5) is 19.4. The van der Waals surface area contributed by atoms with Crippen LogP contribution in [0.3, 0.4) is 0 Å². The molecule has 1 aliphatic heterocycles. The second-order valence-electron chi connectivity index (χ2n) is 6.22. The fraction of sp³-hybridized carbons (Fsp3) is 0.211. The molecule has 0 amide bonds. The highest BCUT2D eigenvalue weighted by atomic mass is 16.6. The lowest BCUT2D eigenvalue weighted by Crippen LogP contribution is -2.16. The van der Waals surface area contributed by atoms with E-state index in [1.54, 1.807) is 24.5 Å². The summed E-state index contributed by atoms with van der Waals surface area (Å²) in [5.74, 6) is 0.139. The number of fused-ring (bicyclic) bond motifs is 1. The van der Waals surface area contributed by atoms with Crippen molar-refractivity contribution in [1.82, 2.24) is 9.97 Å². The molecule has 9 heteroatoms. The number of nitro groups is 1. The summed E-state index contributed by atoms with van der Waals surface area (Å²) >= 11 is 0. The SMILES string of the molecule is N#Cc1cnc2cc(OC3CCOC3)c([N+](=O)[O-])cc2c1Nc1ccncc1. The predicted molar refractivity (Wildman–Crippen MR) is 100 cm³/mol. The van der Waals surface area contributed by atoms with Gasteiger partial charge in [-0.25, -0.2) is 0 Å². The van der Waals surface area contributed by atoms with Crippen molar-refractivity contribution in [2.24, 2.45) is 0 Å². The molecule has 140 valence electrons. The van der Waals surface area contributed by atoms with Crippen LogP contribution in [0.5, 0.6) is 5.75 Å². The Morgan fingerprint density at radius 2 is 2.18 bits per heavy atom. The second-order valence-corrected chi connectivity index (χ2v) is 6.22. The summed E-state index contributed by atoms with van der Waals surface area (Å²) in [6.07, 6.45) is 5.08. The lowest BCUT2D eigenvalue weighted by molar-refractivity contribution is -0.385. The van der Waals surface area contributed by atoms with Crippen molar-refractivity contribution in [3.05, 3.63) is 58.5 Å². The molecular weight excluding hydrogens is 362 g/mol. The van der Waals surface area contributed by atoms with Crippen molar-refractivity contribution < 1.29 is 14.4 Å². The average Bonchev–Trinajstić information content (AvgIpc) is 3.21. The molecule has 0 bridgehead atoms. The summed E-state index contributed by atoms with van der Waals surface area (Å²) in [5, 5.41) is 24.7. The summed E-state index contributed by atoms with van der Waals surface area (Å²) in [6, 6.07) is 8.46. The van der Waals surface area contributed by atoms with Crippen molar-refractivity contribution in [3.63, 3.8) is 0 Å². The van der Waals surface area contributed by atoms with Crippen LogP contribution in [0.1, 0.15) is 12.0 Å². The Morgan fingerprint density at radius 1 is 1.36 bits per heavy atom. The summed E-state index contributed by atoms with van der Waals surface area (Å²) in [7, 11) is 0. The van der Waals surface area contributed by atoms with E-state index in [4.69, 9.17) is 9.47 Å². The molecule has 0 saturated carbocycles. The Labute approximate surface area is 159 Å². The second kappa shape index (κ2) is 7.46. The van der Waals surface area contributed by atoms with Crippen LogP contribution in [0.2, 0.25) is 0 Å². The largest absolute Gasteiger partial charge is 0.481 e. The zero-order valence-electron chi connectivity index (χ0n) is 14.7. The van der Waals surface area contributed by atoms with Crippen LogP contribution in [0.25, 0.3) is 10.9 Å². The molecule has 1 saturated heterocycles. The van der Waals surface area contributed by atoms with Gasteiger partial charge in [-0.1, -0.05) is 0 Å². The summed E-state index contributed by atoms with van der Waals surface area (Å²) in [5.41, 5.74) is 1.71. The standard InChI is InChI=1S/C19H15N5O4/c20-9-12-10-22-16-8-18(28-14-3-6-27-11-14)17(24(25)26)7-15(16)19(12)23-13-1-4-21-5-2-13/h1-2,4-5,7-8,10,14H,3,6,11H2,(H,21,22,23). The van der Waals surface area contributed by atoms with E-state index in [2.05, 4.69) is 21.4 Å². The maximum absolute atomic E-state index is 11.6. The van der Waals surface area contributed by atoms with Gasteiger partial charge in [0.15, 0.2) is 5.75 Å². The van der Waals surface area contributed by atoms with E-state index in [9.17, 15) is 15.4 Å². The van der Waals surface area contributed by atoms with Gasteiger partial charge in [0.05, 0.1) is 34.9 Å². The quantitative estimate of drug-likeness (QED) is 0.530. The Bertz CT molecular complexity index is 1080. The van der Waals surface area contributed by atoms with Crippen molar-refractivity contribution in [1.29, 1.82) is 5.26 Å². The van der Waals surface area contributed by atoms with Gasteiger partial charge in [-0.3, -0.25) is 20.1 Å².